The number of aromatic amines is 1. The Morgan fingerprint density at radius 2 is 1.86 bits per heavy atom. The van der Waals surface area contributed by atoms with E-state index in [2.05, 4.69) is 23.0 Å². The number of fused-ring (bicyclic) bond motifs is 1. The Balaban J connectivity index is 1.91. The summed E-state index contributed by atoms with van der Waals surface area (Å²) < 4.78 is 5.87. The standard InChI is InChI=1S/C28H40N2O5/c1-16-8-7-9-17(2)26(33)18(3)27(34)28(5,6)24(31)15-25(32)35-23(13-10-16)20-11-12-21-22(14-20)30-19(4)29-21/h10-12,14,17-18,23-24,26,31,33H,7-9,13,15H2,1-6H3,(H,29,30)/t17?,18?,23-,24?,26-/m0/s1. The highest BCUT2D eigenvalue weighted by atomic mass is 16.5. The lowest BCUT2D eigenvalue weighted by Crippen LogP contribution is -2.45. The minimum Gasteiger partial charge on any atom is -0.457 e. The van der Waals surface area contributed by atoms with Crippen molar-refractivity contribution in [1.29, 1.82) is 0 Å². The molecule has 3 N–H and O–H groups in total. The third-order valence-corrected chi connectivity index (χ3v) is 7.52. The van der Waals surface area contributed by atoms with Crippen molar-refractivity contribution in [2.24, 2.45) is 17.3 Å². The first-order chi connectivity index (χ1) is 16.4. The molecule has 7 nitrogen and oxygen atoms in total. The molecular weight excluding hydrogens is 444 g/mol. The van der Waals surface area contributed by atoms with Gasteiger partial charge in [0.15, 0.2) is 0 Å². The predicted octanol–water partition coefficient (Wildman–Crippen LogP) is 4.96. The van der Waals surface area contributed by atoms with E-state index in [1.807, 2.05) is 32.0 Å². The molecule has 35 heavy (non-hydrogen) atoms. The summed E-state index contributed by atoms with van der Waals surface area (Å²) >= 11 is 0. The number of allylic oxidation sites excluding steroid dienone is 1. The zero-order chi connectivity index (χ0) is 25.9. The Hall–Kier alpha value is -2.51. The molecule has 1 aliphatic rings. The number of Topliss-reactive ketones (excluding diaryl/α,β-unsaturated/α-hetero) is 1. The van der Waals surface area contributed by atoms with Gasteiger partial charge in [-0.25, -0.2) is 4.98 Å². The second-order valence-electron chi connectivity index (χ2n) is 10.8. The van der Waals surface area contributed by atoms with Gasteiger partial charge in [0.05, 0.1) is 35.1 Å². The number of nitrogens with zero attached hydrogens (tertiary/aromatic N) is 1. The number of hydrogen-bond acceptors (Lipinski definition) is 6. The molecule has 5 atom stereocenters. The molecule has 0 radical (unpaired) electrons. The molecule has 3 unspecified atom stereocenters. The van der Waals surface area contributed by atoms with Gasteiger partial charge >= 0.3 is 5.97 Å². The molecular formula is C28H40N2O5. The number of imidazole rings is 1. The highest BCUT2D eigenvalue weighted by molar-refractivity contribution is 5.88. The number of hydrogen-bond donors (Lipinski definition) is 3. The summed E-state index contributed by atoms with van der Waals surface area (Å²) in [6.07, 6.45) is 2.29. The van der Waals surface area contributed by atoms with Gasteiger partial charge in [0.2, 0.25) is 0 Å². The van der Waals surface area contributed by atoms with Crippen LogP contribution in [-0.4, -0.2) is 44.1 Å². The van der Waals surface area contributed by atoms with Crippen molar-refractivity contribution < 1.29 is 24.5 Å². The van der Waals surface area contributed by atoms with Gasteiger partial charge in [0, 0.05) is 12.3 Å². The van der Waals surface area contributed by atoms with Crippen LogP contribution in [0.2, 0.25) is 0 Å². The number of cyclic esters (lactones) is 1. The first kappa shape index (κ1) is 27.1. The number of aryl methyl sites for hydroxylation is 1. The topological polar surface area (TPSA) is 113 Å². The number of aliphatic hydroxyl groups excluding tert-OH is 2. The monoisotopic (exact) mass is 484 g/mol. The van der Waals surface area contributed by atoms with Gasteiger partial charge in [-0.1, -0.05) is 45.4 Å². The molecule has 3 rings (SSSR count). The van der Waals surface area contributed by atoms with Crippen molar-refractivity contribution in [3.63, 3.8) is 0 Å². The van der Waals surface area contributed by atoms with Crippen LogP contribution in [0, 0.1) is 24.2 Å². The summed E-state index contributed by atoms with van der Waals surface area (Å²) in [5.41, 5.74) is 2.54. The molecule has 1 aromatic carbocycles. The number of ketones is 1. The lowest BCUT2D eigenvalue weighted by atomic mass is 9.73. The Bertz CT molecular complexity index is 1090. The molecule has 0 fully saturated rings. The van der Waals surface area contributed by atoms with Crippen molar-refractivity contribution >= 4 is 22.8 Å². The smallest absolute Gasteiger partial charge is 0.309 e. The molecule has 0 amide bonds. The third kappa shape index (κ3) is 6.39. The number of rotatable bonds is 1. The highest BCUT2D eigenvalue weighted by Gasteiger charge is 2.42. The van der Waals surface area contributed by atoms with E-state index in [4.69, 9.17) is 4.74 Å². The zero-order valence-electron chi connectivity index (χ0n) is 21.8. The molecule has 0 aliphatic carbocycles. The summed E-state index contributed by atoms with van der Waals surface area (Å²) in [5.74, 6) is -0.704. The van der Waals surface area contributed by atoms with E-state index in [-0.39, 0.29) is 18.1 Å². The number of carbonyl (C=O) groups is 2. The van der Waals surface area contributed by atoms with E-state index >= 15 is 0 Å². The van der Waals surface area contributed by atoms with Gasteiger partial charge in [-0.05, 0) is 56.7 Å². The zero-order valence-corrected chi connectivity index (χ0v) is 21.8. The molecule has 0 saturated heterocycles. The second-order valence-corrected chi connectivity index (χ2v) is 10.8. The van der Waals surface area contributed by atoms with Crippen LogP contribution < -0.4 is 0 Å². The number of benzene rings is 1. The van der Waals surface area contributed by atoms with Gasteiger partial charge in [-0.3, -0.25) is 9.59 Å². The van der Waals surface area contributed by atoms with Crippen molar-refractivity contribution in [2.45, 2.75) is 92.0 Å². The number of esters is 1. The van der Waals surface area contributed by atoms with Gasteiger partial charge in [0.25, 0.3) is 0 Å². The van der Waals surface area contributed by atoms with E-state index in [0.717, 1.165) is 41.7 Å². The summed E-state index contributed by atoms with van der Waals surface area (Å²) in [5, 5.41) is 21.7. The SMILES string of the molecule is CC1=CC[C@@H](c2ccc3nc(C)[nH]c3c2)OC(=O)CC(O)C(C)(C)C(=O)C(C)[C@@H](O)C(C)CCC1. The first-order valence-electron chi connectivity index (χ1n) is 12.6. The van der Waals surface area contributed by atoms with Crippen molar-refractivity contribution in [2.75, 3.05) is 0 Å². The predicted molar refractivity (Wildman–Crippen MR) is 136 cm³/mol. The number of H-pyrrole nitrogens is 1. The minimum absolute atomic E-state index is 0.0510. The second kappa shape index (κ2) is 11.0. The number of aliphatic hydroxyl groups is 2. The van der Waals surface area contributed by atoms with Gasteiger partial charge in [0.1, 0.15) is 17.7 Å². The van der Waals surface area contributed by atoms with Crippen LogP contribution in [0.5, 0.6) is 0 Å². The maximum Gasteiger partial charge on any atom is 0.309 e. The van der Waals surface area contributed by atoms with Crippen molar-refractivity contribution in [3.8, 4) is 0 Å². The van der Waals surface area contributed by atoms with E-state index in [1.165, 1.54) is 5.57 Å². The summed E-state index contributed by atoms with van der Waals surface area (Å²) in [6, 6.07) is 5.77. The lowest BCUT2D eigenvalue weighted by Gasteiger charge is -2.34. The molecule has 2 heterocycles. The van der Waals surface area contributed by atoms with Crippen LogP contribution in [0.1, 0.15) is 84.2 Å². The molecule has 0 bridgehead atoms. The fourth-order valence-corrected chi connectivity index (χ4v) is 4.91. The summed E-state index contributed by atoms with van der Waals surface area (Å²) in [6.45, 7) is 10.9. The maximum atomic E-state index is 13.2. The normalized spacial score (nSPS) is 29.6. The van der Waals surface area contributed by atoms with Crippen molar-refractivity contribution in [3.05, 3.63) is 41.2 Å². The Morgan fingerprint density at radius 1 is 1.14 bits per heavy atom. The number of aromatic nitrogens is 2. The first-order valence-corrected chi connectivity index (χ1v) is 12.6. The quantitative estimate of drug-likeness (QED) is 0.390. The molecule has 7 heteroatoms. The molecule has 2 aromatic rings. The lowest BCUT2D eigenvalue weighted by molar-refractivity contribution is -0.155. The van der Waals surface area contributed by atoms with Crippen LogP contribution in [0.3, 0.4) is 0 Å². The van der Waals surface area contributed by atoms with Crippen LogP contribution >= 0.6 is 0 Å². The fraction of sp³-hybridized carbons (Fsp3) is 0.607. The Kier molecular flexibility index (Phi) is 8.54. The van der Waals surface area contributed by atoms with Crippen LogP contribution in [0.15, 0.2) is 29.8 Å². The molecule has 192 valence electrons. The van der Waals surface area contributed by atoms with E-state index < -0.39 is 35.6 Å². The van der Waals surface area contributed by atoms with Crippen LogP contribution in [0.4, 0.5) is 0 Å². The summed E-state index contributed by atoms with van der Waals surface area (Å²) in [4.78, 5) is 33.8. The maximum absolute atomic E-state index is 13.2. The largest absolute Gasteiger partial charge is 0.457 e. The van der Waals surface area contributed by atoms with E-state index in [9.17, 15) is 19.8 Å². The van der Waals surface area contributed by atoms with E-state index in [0.29, 0.717) is 6.42 Å². The Labute approximate surface area is 208 Å². The number of carbonyl (C=O) groups excluding carboxylic acids is 2. The van der Waals surface area contributed by atoms with Gasteiger partial charge in [-0.15, -0.1) is 0 Å². The average Bonchev–Trinajstić information content (AvgIpc) is 3.18. The fourth-order valence-electron chi connectivity index (χ4n) is 4.91. The van der Waals surface area contributed by atoms with Gasteiger partial charge < -0.3 is 19.9 Å². The van der Waals surface area contributed by atoms with Gasteiger partial charge in [-0.2, -0.15) is 0 Å². The number of nitrogens with one attached hydrogen (secondary N) is 1. The molecule has 0 spiro atoms. The molecule has 0 saturated carbocycles. The van der Waals surface area contributed by atoms with Crippen LogP contribution in [-0.2, 0) is 14.3 Å². The molecule has 1 aliphatic heterocycles. The average molecular weight is 485 g/mol. The third-order valence-electron chi connectivity index (χ3n) is 7.52. The van der Waals surface area contributed by atoms with E-state index in [1.54, 1.807) is 20.8 Å². The Morgan fingerprint density at radius 3 is 2.57 bits per heavy atom. The van der Waals surface area contributed by atoms with Crippen molar-refractivity contribution in [1.82, 2.24) is 9.97 Å². The minimum atomic E-state index is -1.23. The summed E-state index contributed by atoms with van der Waals surface area (Å²) in [7, 11) is 0. The highest BCUT2D eigenvalue weighted by Crippen LogP contribution is 2.33. The molecule has 1 aromatic heterocycles. The van der Waals surface area contributed by atoms with Crippen LogP contribution in [0.25, 0.3) is 11.0 Å². The number of ether oxygens (including phenoxy) is 1.